The third-order valence-electron chi connectivity index (χ3n) is 1.69. The van der Waals surface area contributed by atoms with Crippen molar-refractivity contribution in [2.45, 2.75) is 6.92 Å². The lowest BCUT2D eigenvalue weighted by molar-refractivity contribution is 0.0918. The van der Waals surface area contributed by atoms with E-state index in [9.17, 15) is 9.18 Å². The summed E-state index contributed by atoms with van der Waals surface area (Å²) < 4.78 is 17.8. The molecule has 0 heterocycles. The smallest absolute Gasteiger partial charge is 0.280 e. The molecule has 0 aromatic heterocycles. The fourth-order valence-electron chi connectivity index (χ4n) is 1.04. The van der Waals surface area contributed by atoms with Crippen LogP contribution in [0.25, 0.3) is 0 Å². The lowest BCUT2D eigenvalue weighted by atomic mass is 10.1. The molecule has 4 heteroatoms. The first kappa shape index (κ1) is 11.2. The van der Waals surface area contributed by atoms with Crippen LogP contribution in [0.3, 0.4) is 0 Å². The zero-order valence-corrected chi connectivity index (χ0v) is 8.24. The van der Waals surface area contributed by atoms with Crippen LogP contribution in [0.2, 0.25) is 0 Å². The van der Waals surface area contributed by atoms with E-state index < -0.39 is 17.5 Å². The van der Waals surface area contributed by atoms with Crippen LogP contribution in [-0.2, 0) is 4.74 Å². The Kier molecular flexibility index (Phi) is 3.85. The molecule has 0 spiro atoms. The Morgan fingerprint density at radius 1 is 1.53 bits per heavy atom. The van der Waals surface area contributed by atoms with E-state index in [1.807, 2.05) is 0 Å². The summed E-state index contributed by atoms with van der Waals surface area (Å²) in [6.45, 7) is 1.91. The van der Waals surface area contributed by atoms with Crippen LogP contribution in [0.5, 0.6) is 0 Å². The standard InChI is InChI=1S/C11H11FO3/c1-2-15-11(14)7-10(13)8-5-3-4-6-9(8)12/h3-7,14H,2H2,1H3/b11-7+. The van der Waals surface area contributed by atoms with Crippen LogP contribution >= 0.6 is 0 Å². The molecular formula is C11H11FO3. The molecule has 0 unspecified atom stereocenters. The SMILES string of the molecule is CCO/C(O)=C/C(=O)c1ccccc1F. The summed E-state index contributed by atoms with van der Waals surface area (Å²) in [5.74, 6) is -1.76. The van der Waals surface area contributed by atoms with Crippen LogP contribution in [-0.4, -0.2) is 17.5 Å². The second-order valence-electron chi connectivity index (χ2n) is 2.76. The van der Waals surface area contributed by atoms with Gasteiger partial charge in [0.25, 0.3) is 5.95 Å². The number of allylic oxidation sites excluding steroid dienone is 1. The Morgan fingerprint density at radius 2 is 2.20 bits per heavy atom. The number of benzene rings is 1. The Labute approximate surface area is 86.8 Å². The molecule has 0 atom stereocenters. The maximum Gasteiger partial charge on any atom is 0.280 e. The summed E-state index contributed by atoms with van der Waals surface area (Å²) in [7, 11) is 0. The molecule has 0 aliphatic carbocycles. The second kappa shape index (κ2) is 5.14. The van der Waals surface area contributed by atoms with Gasteiger partial charge in [0, 0.05) is 0 Å². The van der Waals surface area contributed by atoms with Gasteiger partial charge in [0.2, 0.25) is 0 Å². The minimum atomic E-state index is -0.626. The average molecular weight is 210 g/mol. The second-order valence-corrected chi connectivity index (χ2v) is 2.76. The molecule has 0 aliphatic rings. The molecular weight excluding hydrogens is 199 g/mol. The molecule has 0 radical (unpaired) electrons. The van der Waals surface area contributed by atoms with Gasteiger partial charge in [-0.05, 0) is 19.1 Å². The third kappa shape index (κ3) is 3.09. The van der Waals surface area contributed by atoms with E-state index in [1.54, 1.807) is 13.0 Å². The topological polar surface area (TPSA) is 46.5 Å². The highest BCUT2D eigenvalue weighted by atomic mass is 19.1. The normalized spacial score (nSPS) is 11.2. The molecule has 0 aliphatic heterocycles. The van der Waals surface area contributed by atoms with Crippen LogP contribution < -0.4 is 0 Å². The van der Waals surface area contributed by atoms with Gasteiger partial charge in [0.05, 0.1) is 18.2 Å². The molecule has 3 nitrogen and oxygen atoms in total. The number of hydrogen-bond acceptors (Lipinski definition) is 3. The van der Waals surface area contributed by atoms with Gasteiger partial charge in [0.15, 0.2) is 5.78 Å². The highest BCUT2D eigenvalue weighted by molar-refractivity contribution is 6.04. The van der Waals surface area contributed by atoms with E-state index in [4.69, 9.17) is 5.11 Å². The number of aliphatic hydroxyl groups excluding tert-OH is 1. The number of carbonyl (C=O) groups excluding carboxylic acids is 1. The molecule has 1 rings (SSSR count). The minimum Gasteiger partial charge on any atom is -0.481 e. The van der Waals surface area contributed by atoms with E-state index >= 15 is 0 Å². The van der Waals surface area contributed by atoms with Gasteiger partial charge in [-0.25, -0.2) is 4.39 Å². The summed E-state index contributed by atoms with van der Waals surface area (Å²) in [4.78, 5) is 11.4. The number of rotatable bonds is 4. The molecule has 1 aromatic carbocycles. The average Bonchev–Trinajstić information content (AvgIpc) is 2.18. The van der Waals surface area contributed by atoms with E-state index in [0.717, 1.165) is 6.08 Å². The Hall–Kier alpha value is -1.84. The van der Waals surface area contributed by atoms with Gasteiger partial charge in [-0.2, -0.15) is 0 Å². The number of hydrogen-bond donors (Lipinski definition) is 1. The number of halogens is 1. The molecule has 15 heavy (non-hydrogen) atoms. The number of carbonyl (C=O) groups is 1. The van der Waals surface area contributed by atoms with E-state index in [-0.39, 0.29) is 12.2 Å². The van der Waals surface area contributed by atoms with Gasteiger partial charge >= 0.3 is 0 Å². The quantitative estimate of drug-likeness (QED) is 0.471. The fraction of sp³-hybridized carbons (Fsp3) is 0.182. The number of ether oxygens (including phenoxy) is 1. The predicted octanol–water partition coefficient (Wildman–Crippen LogP) is 2.44. The first-order valence-electron chi connectivity index (χ1n) is 4.47. The van der Waals surface area contributed by atoms with Crippen molar-refractivity contribution in [3.8, 4) is 0 Å². The van der Waals surface area contributed by atoms with Gasteiger partial charge in [-0.3, -0.25) is 4.79 Å². The van der Waals surface area contributed by atoms with Crippen molar-refractivity contribution in [3.63, 3.8) is 0 Å². The van der Waals surface area contributed by atoms with Crippen LogP contribution in [0.15, 0.2) is 36.3 Å². The zero-order chi connectivity index (χ0) is 11.3. The molecule has 80 valence electrons. The fourth-order valence-corrected chi connectivity index (χ4v) is 1.04. The van der Waals surface area contributed by atoms with E-state index in [0.29, 0.717) is 0 Å². The Bertz CT molecular complexity index is 385. The third-order valence-corrected chi connectivity index (χ3v) is 1.69. The minimum absolute atomic E-state index is 0.0937. The highest BCUT2D eigenvalue weighted by Crippen LogP contribution is 2.08. The summed E-state index contributed by atoms with van der Waals surface area (Å²) in [5.41, 5.74) is -0.0937. The Morgan fingerprint density at radius 3 is 2.80 bits per heavy atom. The van der Waals surface area contributed by atoms with Crippen LogP contribution in [0.1, 0.15) is 17.3 Å². The van der Waals surface area contributed by atoms with Gasteiger partial charge in [-0.15, -0.1) is 0 Å². The molecule has 0 saturated carbocycles. The molecule has 0 amide bonds. The maximum absolute atomic E-state index is 13.1. The van der Waals surface area contributed by atoms with Crippen LogP contribution in [0, 0.1) is 5.82 Å². The highest BCUT2D eigenvalue weighted by Gasteiger charge is 2.09. The summed E-state index contributed by atoms with van der Waals surface area (Å²) in [6.07, 6.45) is 0.849. The van der Waals surface area contributed by atoms with E-state index in [2.05, 4.69) is 4.74 Å². The first-order valence-corrected chi connectivity index (χ1v) is 4.47. The lowest BCUT2D eigenvalue weighted by Crippen LogP contribution is -2.01. The molecule has 1 N–H and O–H groups in total. The Balaban J connectivity index is 2.86. The first-order chi connectivity index (χ1) is 7.15. The van der Waals surface area contributed by atoms with Crippen molar-refractivity contribution in [1.82, 2.24) is 0 Å². The summed E-state index contributed by atoms with van der Waals surface area (Å²) in [6, 6.07) is 5.55. The molecule has 1 aromatic rings. The van der Waals surface area contributed by atoms with E-state index in [1.165, 1.54) is 18.2 Å². The van der Waals surface area contributed by atoms with Crippen molar-refractivity contribution in [3.05, 3.63) is 47.7 Å². The summed E-state index contributed by atoms with van der Waals surface area (Å²) in [5, 5.41) is 9.07. The van der Waals surface area contributed by atoms with Crippen molar-refractivity contribution >= 4 is 5.78 Å². The van der Waals surface area contributed by atoms with Gasteiger partial charge < -0.3 is 9.84 Å². The largest absolute Gasteiger partial charge is 0.481 e. The maximum atomic E-state index is 13.1. The molecule has 0 fully saturated rings. The number of aliphatic hydroxyl groups is 1. The van der Waals surface area contributed by atoms with Crippen molar-refractivity contribution in [1.29, 1.82) is 0 Å². The molecule has 0 bridgehead atoms. The zero-order valence-electron chi connectivity index (χ0n) is 8.24. The van der Waals surface area contributed by atoms with Crippen molar-refractivity contribution in [2.24, 2.45) is 0 Å². The van der Waals surface area contributed by atoms with Crippen LogP contribution in [0.4, 0.5) is 4.39 Å². The monoisotopic (exact) mass is 210 g/mol. The lowest BCUT2D eigenvalue weighted by Gasteiger charge is -2.00. The van der Waals surface area contributed by atoms with Crippen molar-refractivity contribution in [2.75, 3.05) is 6.61 Å². The van der Waals surface area contributed by atoms with Crippen molar-refractivity contribution < 1.29 is 19.0 Å². The van der Waals surface area contributed by atoms with Gasteiger partial charge in [0.1, 0.15) is 5.82 Å². The summed E-state index contributed by atoms with van der Waals surface area (Å²) >= 11 is 0. The predicted molar refractivity (Wildman–Crippen MR) is 53.1 cm³/mol. The number of ketones is 1. The molecule has 0 saturated heterocycles. The van der Waals surface area contributed by atoms with Gasteiger partial charge in [-0.1, -0.05) is 12.1 Å².